The van der Waals surface area contributed by atoms with Crippen LogP contribution in [0.15, 0.2) is 35.5 Å². The zero-order valence-corrected chi connectivity index (χ0v) is 19.4. The number of nitrogens with zero attached hydrogens (tertiary/aromatic N) is 3. The van der Waals surface area contributed by atoms with E-state index in [-0.39, 0.29) is 30.1 Å². The number of H-pyrrole nitrogens is 1. The van der Waals surface area contributed by atoms with Crippen LogP contribution in [0, 0.1) is 13.8 Å². The molecule has 2 N–H and O–H groups in total. The van der Waals surface area contributed by atoms with Gasteiger partial charge < -0.3 is 15.0 Å². The van der Waals surface area contributed by atoms with Gasteiger partial charge in [0.05, 0.1) is 19.3 Å². The van der Waals surface area contributed by atoms with Crippen LogP contribution in [0.25, 0.3) is 0 Å². The van der Waals surface area contributed by atoms with Gasteiger partial charge in [0.2, 0.25) is 0 Å². The van der Waals surface area contributed by atoms with Crippen molar-refractivity contribution in [1.82, 2.24) is 20.4 Å². The minimum atomic E-state index is 0. The Morgan fingerprint density at radius 1 is 1.36 bits per heavy atom. The van der Waals surface area contributed by atoms with E-state index in [0.717, 1.165) is 57.3 Å². The molecule has 1 fully saturated rings. The molecule has 0 spiro atoms. The van der Waals surface area contributed by atoms with Crippen LogP contribution in [0.3, 0.4) is 0 Å². The van der Waals surface area contributed by atoms with E-state index >= 15 is 0 Å². The summed E-state index contributed by atoms with van der Waals surface area (Å²) in [6, 6.07) is 8.48. The molecule has 0 amide bonds. The van der Waals surface area contributed by atoms with Gasteiger partial charge in [-0.1, -0.05) is 24.3 Å². The molecule has 1 aromatic carbocycles. The molecule has 1 atom stereocenters. The van der Waals surface area contributed by atoms with Crippen LogP contribution < -0.4 is 5.32 Å². The number of aromatic nitrogens is 2. The summed E-state index contributed by atoms with van der Waals surface area (Å²) in [4.78, 5) is 7.19. The molecule has 1 saturated heterocycles. The Kier molecular flexibility index (Phi) is 9.24. The summed E-state index contributed by atoms with van der Waals surface area (Å²) in [6.45, 7) is 10.4. The predicted molar refractivity (Wildman–Crippen MR) is 124 cm³/mol. The number of aliphatic imine (C=N–C) groups is 1. The summed E-state index contributed by atoms with van der Waals surface area (Å²) in [5.74, 6) is 0.989. The molecule has 154 valence electrons. The zero-order chi connectivity index (χ0) is 19.1. The lowest BCUT2D eigenvalue weighted by Crippen LogP contribution is -2.48. The van der Waals surface area contributed by atoms with Crippen LogP contribution in [-0.4, -0.2) is 53.8 Å². The minimum absolute atomic E-state index is 0. The second-order valence-electron chi connectivity index (χ2n) is 7.02. The SMILES string of the molecule is CCNC(=NCCCc1cn[nH]c1C)N1CCOC(c2ccccc2C)C1.I. The van der Waals surface area contributed by atoms with Gasteiger partial charge in [-0.25, -0.2) is 0 Å². The largest absolute Gasteiger partial charge is 0.370 e. The molecule has 0 aliphatic carbocycles. The topological polar surface area (TPSA) is 65.5 Å². The molecule has 1 aliphatic rings. The molecule has 2 heterocycles. The number of hydrogen-bond donors (Lipinski definition) is 2. The monoisotopic (exact) mass is 497 g/mol. The van der Waals surface area contributed by atoms with Gasteiger partial charge in [-0.3, -0.25) is 10.1 Å². The second-order valence-corrected chi connectivity index (χ2v) is 7.02. The van der Waals surface area contributed by atoms with Crippen LogP contribution >= 0.6 is 24.0 Å². The number of aromatic amines is 1. The van der Waals surface area contributed by atoms with Gasteiger partial charge in [0.25, 0.3) is 0 Å². The van der Waals surface area contributed by atoms with E-state index in [1.54, 1.807) is 0 Å². The van der Waals surface area contributed by atoms with Gasteiger partial charge in [0.15, 0.2) is 5.96 Å². The lowest BCUT2D eigenvalue weighted by molar-refractivity contribution is -0.00832. The minimum Gasteiger partial charge on any atom is -0.370 e. The molecule has 0 radical (unpaired) electrons. The normalized spacial score (nSPS) is 17.3. The number of morpholine rings is 1. The van der Waals surface area contributed by atoms with E-state index in [1.807, 2.05) is 6.20 Å². The van der Waals surface area contributed by atoms with E-state index < -0.39 is 0 Å². The summed E-state index contributed by atoms with van der Waals surface area (Å²) in [5.41, 5.74) is 4.98. The lowest BCUT2D eigenvalue weighted by atomic mass is 10.0. The Hall–Kier alpha value is -1.61. The number of nitrogens with one attached hydrogen (secondary N) is 2. The summed E-state index contributed by atoms with van der Waals surface area (Å²) in [5, 5.41) is 10.5. The molecule has 0 bridgehead atoms. The number of hydrogen-bond acceptors (Lipinski definition) is 3. The Labute approximate surface area is 185 Å². The van der Waals surface area contributed by atoms with Crippen LogP contribution in [0.4, 0.5) is 0 Å². The molecular formula is C21H32IN5O. The number of rotatable bonds is 6. The molecule has 7 heteroatoms. The summed E-state index contributed by atoms with van der Waals surface area (Å²) >= 11 is 0. The van der Waals surface area contributed by atoms with Crippen LogP contribution in [-0.2, 0) is 11.2 Å². The maximum absolute atomic E-state index is 6.06. The third kappa shape index (κ3) is 5.94. The fraction of sp³-hybridized carbons (Fsp3) is 0.524. The van der Waals surface area contributed by atoms with Crippen molar-refractivity contribution < 1.29 is 4.74 Å². The molecule has 1 aromatic heterocycles. The van der Waals surface area contributed by atoms with Crippen LogP contribution in [0.2, 0.25) is 0 Å². The first-order valence-electron chi connectivity index (χ1n) is 9.88. The number of guanidine groups is 1. The van der Waals surface area contributed by atoms with Crippen molar-refractivity contribution in [2.24, 2.45) is 4.99 Å². The van der Waals surface area contributed by atoms with Crippen molar-refractivity contribution in [2.45, 2.75) is 39.7 Å². The van der Waals surface area contributed by atoms with Gasteiger partial charge in [0, 0.05) is 25.3 Å². The fourth-order valence-electron chi connectivity index (χ4n) is 3.49. The Morgan fingerprint density at radius 2 is 2.18 bits per heavy atom. The van der Waals surface area contributed by atoms with Crippen molar-refractivity contribution in [3.05, 3.63) is 52.8 Å². The van der Waals surface area contributed by atoms with Crippen LogP contribution in [0.1, 0.15) is 41.8 Å². The summed E-state index contributed by atoms with van der Waals surface area (Å²) < 4.78 is 6.06. The molecule has 2 aromatic rings. The number of aryl methyl sites for hydroxylation is 3. The van der Waals surface area contributed by atoms with E-state index in [2.05, 4.69) is 65.5 Å². The zero-order valence-electron chi connectivity index (χ0n) is 17.1. The Bertz CT molecular complexity index is 761. The molecule has 0 saturated carbocycles. The highest BCUT2D eigenvalue weighted by Gasteiger charge is 2.25. The van der Waals surface area contributed by atoms with Gasteiger partial charge in [-0.15, -0.1) is 24.0 Å². The highest BCUT2D eigenvalue weighted by molar-refractivity contribution is 14.0. The number of ether oxygens (including phenoxy) is 1. The molecule has 3 rings (SSSR count). The predicted octanol–water partition coefficient (Wildman–Crippen LogP) is 3.62. The average molecular weight is 497 g/mol. The van der Waals surface area contributed by atoms with Crippen molar-refractivity contribution in [3.8, 4) is 0 Å². The highest BCUT2D eigenvalue weighted by Crippen LogP contribution is 2.25. The third-order valence-electron chi connectivity index (χ3n) is 5.04. The van der Waals surface area contributed by atoms with Crippen LogP contribution in [0.5, 0.6) is 0 Å². The Morgan fingerprint density at radius 3 is 2.89 bits per heavy atom. The van der Waals surface area contributed by atoms with E-state index in [4.69, 9.17) is 9.73 Å². The number of benzene rings is 1. The van der Waals surface area contributed by atoms with Crippen molar-refractivity contribution in [3.63, 3.8) is 0 Å². The van der Waals surface area contributed by atoms with Crippen molar-refractivity contribution in [2.75, 3.05) is 32.8 Å². The summed E-state index contributed by atoms with van der Waals surface area (Å²) in [6.07, 6.45) is 4.03. The maximum atomic E-state index is 6.06. The summed E-state index contributed by atoms with van der Waals surface area (Å²) in [7, 11) is 0. The maximum Gasteiger partial charge on any atom is 0.194 e. The van der Waals surface area contributed by atoms with Gasteiger partial charge in [-0.05, 0) is 50.3 Å². The standard InChI is InChI=1S/C21H31N5O.HI/c1-4-22-21(23-11-7-9-18-14-24-25-17(18)3)26-12-13-27-20(15-26)19-10-6-5-8-16(19)2;/h5-6,8,10,14,20H,4,7,9,11-13,15H2,1-3H3,(H,22,23)(H,24,25);1H. The molecular weight excluding hydrogens is 465 g/mol. The average Bonchev–Trinajstić information content (AvgIpc) is 3.09. The quantitative estimate of drug-likeness (QED) is 0.277. The van der Waals surface area contributed by atoms with E-state index in [0.29, 0.717) is 0 Å². The molecule has 6 nitrogen and oxygen atoms in total. The van der Waals surface area contributed by atoms with Crippen molar-refractivity contribution >= 4 is 29.9 Å². The smallest absolute Gasteiger partial charge is 0.194 e. The molecule has 28 heavy (non-hydrogen) atoms. The van der Waals surface area contributed by atoms with Gasteiger partial charge in [0.1, 0.15) is 6.10 Å². The van der Waals surface area contributed by atoms with E-state index in [9.17, 15) is 0 Å². The first kappa shape index (κ1) is 22.7. The van der Waals surface area contributed by atoms with E-state index in [1.165, 1.54) is 16.7 Å². The first-order chi connectivity index (χ1) is 13.2. The lowest BCUT2D eigenvalue weighted by Gasteiger charge is -2.35. The van der Waals surface area contributed by atoms with Crippen molar-refractivity contribution in [1.29, 1.82) is 0 Å². The Balaban J connectivity index is 0.00000280. The van der Waals surface area contributed by atoms with Gasteiger partial charge in [-0.2, -0.15) is 5.10 Å². The van der Waals surface area contributed by atoms with Gasteiger partial charge >= 0.3 is 0 Å². The number of halogens is 1. The first-order valence-corrected chi connectivity index (χ1v) is 9.88. The second kappa shape index (κ2) is 11.4. The molecule has 1 unspecified atom stereocenters. The molecule has 1 aliphatic heterocycles. The highest BCUT2D eigenvalue weighted by atomic mass is 127. The fourth-order valence-corrected chi connectivity index (χ4v) is 3.49. The third-order valence-corrected chi connectivity index (χ3v) is 5.04.